The highest BCUT2D eigenvalue weighted by atomic mass is 19.4. The zero-order chi connectivity index (χ0) is 43.7. The van der Waals surface area contributed by atoms with Crippen molar-refractivity contribution in [1.82, 2.24) is 25.1 Å². The van der Waals surface area contributed by atoms with Gasteiger partial charge in [-0.15, -0.1) is 26.3 Å². The van der Waals surface area contributed by atoms with Gasteiger partial charge in [0.2, 0.25) is 11.8 Å². The third kappa shape index (κ3) is 11.3. The molecule has 2 fully saturated rings. The Morgan fingerprint density at radius 3 is 1.59 bits per heavy atom. The lowest BCUT2D eigenvalue weighted by molar-refractivity contribution is -0.275. The van der Waals surface area contributed by atoms with Crippen molar-refractivity contribution >= 4 is 17.9 Å². The molecule has 2 aliphatic heterocycles. The van der Waals surface area contributed by atoms with Crippen LogP contribution in [0.3, 0.4) is 0 Å². The van der Waals surface area contributed by atoms with Crippen molar-refractivity contribution in [3.63, 3.8) is 0 Å². The second-order valence-electron chi connectivity index (χ2n) is 17.8. The number of hydrogen-bond donors (Lipinski definition) is 2. The summed E-state index contributed by atoms with van der Waals surface area (Å²) in [4.78, 5) is 50.8. The van der Waals surface area contributed by atoms with Gasteiger partial charge in [-0.1, -0.05) is 27.7 Å². The predicted octanol–water partition coefficient (Wildman–Crippen LogP) is 7.60. The number of nitrogens with one attached hydrogen (secondary N) is 1. The lowest BCUT2D eigenvalue weighted by Gasteiger charge is -2.39. The van der Waals surface area contributed by atoms with Crippen LogP contribution >= 0.6 is 0 Å². The molecule has 3 amide bonds. The molecule has 2 aromatic heterocycles. The van der Waals surface area contributed by atoms with Gasteiger partial charge < -0.3 is 35.1 Å². The van der Waals surface area contributed by atoms with Crippen molar-refractivity contribution in [3.05, 3.63) is 47.0 Å². The number of rotatable bonds is 7. The second-order valence-corrected chi connectivity index (χ2v) is 17.8. The quantitative estimate of drug-likeness (QED) is 0.269. The molecule has 12 nitrogen and oxygen atoms in total. The molecule has 6 rings (SSSR count). The largest absolute Gasteiger partial charge is 0.573 e. The standard InChI is InChI=1S/C23H32F3N3O4.C18H24F3N3O2/c1-14(2)22(8-6-16(11-22)28-20(31)33-21(3,4)5)19(30)29-9-7-18-15(13-29)10-17(12-27-18)32-23(24,25)26;1-11(2)17(5-3-13(22)8-17)16(25)24-6-4-15-12(10-24)7-14(9-23-15)26-18(19,20)21/h10,12,14,16H,6-9,11,13H2,1-5H3,(H,28,31);7,9,11,13H,3-6,8,10,22H2,1-2H3/t16-,22+;13-,17+/m11/s1. The van der Waals surface area contributed by atoms with E-state index < -0.39 is 41.0 Å². The van der Waals surface area contributed by atoms with E-state index in [2.05, 4.69) is 24.8 Å². The molecule has 0 unspecified atom stereocenters. The van der Waals surface area contributed by atoms with E-state index in [0.29, 0.717) is 74.1 Å². The third-order valence-corrected chi connectivity index (χ3v) is 12.0. The number of aromatic nitrogens is 2. The summed E-state index contributed by atoms with van der Waals surface area (Å²) in [6.45, 7) is 14.8. The summed E-state index contributed by atoms with van der Waals surface area (Å²) >= 11 is 0. The molecule has 0 radical (unpaired) electrons. The van der Waals surface area contributed by atoms with E-state index in [1.54, 1.807) is 30.6 Å². The zero-order valence-electron chi connectivity index (χ0n) is 34.7. The van der Waals surface area contributed by atoms with Crippen molar-refractivity contribution in [2.45, 2.75) is 143 Å². The van der Waals surface area contributed by atoms with Crippen LogP contribution in [0, 0.1) is 22.7 Å². The topological polar surface area (TPSA) is 149 Å². The van der Waals surface area contributed by atoms with Gasteiger partial charge in [0, 0.05) is 62.5 Å². The molecule has 0 aromatic carbocycles. The Labute approximate surface area is 340 Å². The van der Waals surface area contributed by atoms with Gasteiger partial charge in [0.05, 0.1) is 23.2 Å². The summed E-state index contributed by atoms with van der Waals surface area (Å²) in [6, 6.07) is 2.47. The van der Waals surface area contributed by atoms with Gasteiger partial charge in [-0.25, -0.2) is 4.79 Å². The monoisotopic (exact) mass is 842 g/mol. The Balaban J connectivity index is 0.000000230. The van der Waals surface area contributed by atoms with Gasteiger partial charge >= 0.3 is 18.8 Å². The molecule has 4 heterocycles. The zero-order valence-corrected chi connectivity index (χ0v) is 34.7. The number of nitrogens with two attached hydrogens (primary N) is 1. The van der Waals surface area contributed by atoms with Crippen LogP contribution in [0.4, 0.5) is 31.1 Å². The van der Waals surface area contributed by atoms with E-state index in [0.717, 1.165) is 25.2 Å². The molecule has 0 spiro atoms. The average molecular weight is 843 g/mol. The second kappa shape index (κ2) is 17.3. The van der Waals surface area contributed by atoms with Crippen LogP contribution in [0.2, 0.25) is 0 Å². The molecule has 4 aliphatic rings. The third-order valence-electron chi connectivity index (χ3n) is 12.0. The number of pyridine rings is 2. The number of alkyl halides is 6. The molecule has 328 valence electrons. The summed E-state index contributed by atoms with van der Waals surface area (Å²) in [7, 11) is 0. The Bertz CT molecular complexity index is 1850. The first-order chi connectivity index (χ1) is 27.3. The number of alkyl carbamates (subject to hydrolysis) is 1. The number of amides is 3. The molecular formula is C41H56F6N6O6. The Hall–Kier alpha value is -4.35. The molecule has 4 atom stereocenters. The van der Waals surface area contributed by atoms with Crippen LogP contribution in [0.1, 0.15) is 110 Å². The smallest absolute Gasteiger partial charge is 0.444 e. The van der Waals surface area contributed by atoms with Crippen molar-refractivity contribution in [2.24, 2.45) is 28.4 Å². The number of ether oxygens (including phenoxy) is 3. The van der Waals surface area contributed by atoms with Crippen molar-refractivity contribution in [1.29, 1.82) is 0 Å². The van der Waals surface area contributed by atoms with E-state index in [9.17, 15) is 40.7 Å². The Morgan fingerprint density at radius 1 is 0.763 bits per heavy atom. The Kier molecular flexibility index (Phi) is 13.4. The van der Waals surface area contributed by atoms with Crippen LogP contribution < -0.4 is 20.5 Å². The normalized spacial score (nSPS) is 24.5. The molecule has 59 heavy (non-hydrogen) atoms. The minimum atomic E-state index is -4.80. The highest BCUT2D eigenvalue weighted by Gasteiger charge is 2.51. The van der Waals surface area contributed by atoms with Gasteiger partial charge in [-0.2, -0.15) is 0 Å². The number of carbonyl (C=O) groups excluding carboxylic acids is 3. The SMILES string of the molecule is CC(C)[C@]1(C(=O)N2CCc3ncc(OC(F)(F)F)cc3C2)CC[C@@H](N)C1.CC(C)[C@]1(C(=O)N2CCc3ncc(OC(F)(F)F)cc3C2)CC[C@@H](NC(=O)OC(C)(C)C)C1. The Morgan fingerprint density at radius 2 is 1.20 bits per heavy atom. The fourth-order valence-electron chi connectivity index (χ4n) is 8.88. The van der Waals surface area contributed by atoms with Gasteiger partial charge in [0.25, 0.3) is 0 Å². The molecule has 0 bridgehead atoms. The van der Waals surface area contributed by atoms with Crippen molar-refractivity contribution in [2.75, 3.05) is 13.1 Å². The maximum absolute atomic E-state index is 13.7. The maximum Gasteiger partial charge on any atom is 0.573 e. The van der Waals surface area contributed by atoms with E-state index in [-0.39, 0.29) is 54.6 Å². The minimum absolute atomic E-state index is 0.0203. The maximum atomic E-state index is 13.7. The van der Waals surface area contributed by atoms with Crippen LogP contribution in [-0.4, -0.2) is 81.2 Å². The van der Waals surface area contributed by atoms with E-state index in [4.69, 9.17) is 10.5 Å². The number of halogens is 6. The number of nitrogens with zero attached hydrogens (tertiary/aromatic N) is 4. The molecule has 0 saturated heterocycles. The van der Waals surface area contributed by atoms with Crippen LogP contribution in [-0.2, 0) is 40.3 Å². The summed E-state index contributed by atoms with van der Waals surface area (Å²) in [5.74, 6) is -0.562. The summed E-state index contributed by atoms with van der Waals surface area (Å²) in [5, 5.41) is 2.88. The fourth-order valence-corrected chi connectivity index (χ4v) is 8.88. The first kappa shape index (κ1) is 45.7. The first-order valence-corrected chi connectivity index (χ1v) is 20.1. The highest BCUT2D eigenvalue weighted by molar-refractivity contribution is 5.84. The van der Waals surface area contributed by atoms with Crippen molar-refractivity contribution < 1.29 is 54.9 Å². The number of hydrogen-bond acceptors (Lipinski definition) is 9. The van der Waals surface area contributed by atoms with E-state index >= 15 is 0 Å². The molecule has 2 saturated carbocycles. The lowest BCUT2D eigenvalue weighted by Crippen LogP contribution is -2.48. The van der Waals surface area contributed by atoms with Crippen LogP contribution in [0.5, 0.6) is 11.5 Å². The number of carbonyl (C=O) groups is 3. The molecule has 18 heteroatoms. The summed E-state index contributed by atoms with van der Waals surface area (Å²) < 4.78 is 88.3. The van der Waals surface area contributed by atoms with Gasteiger partial charge in [-0.3, -0.25) is 19.6 Å². The van der Waals surface area contributed by atoms with E-state index in [1.165, 1.54) is 12.1 Å². The van der Waals surface area contributed by atoms with Crippen molar-refractivity contribution in [3.8, 4) is 11.5 Å². The van der Waals surface area contributed by atoms with Gasteiger partial charge in [-0.05, 0) is 94.4 Å². The average Bonchev–Trinajstić information content (AvgIpc) is 3.73. The first-order valence-electron chi connectivity index (χ1n) is 20.1. The minimum Gasteiger partial charge on any atom is -0.444 e. The fraction of sp³-hybridized carbons (Fsp3) is 0.683. The molecule has 3 N–H and O–H groups in total. The van der Waals surface area contributed by atoms with Crippen LogP contribution in [0.15, 0.2) is 24.5 Å². The van der Waals surface area contributed by atoms with E-state index in [1.807, 2.05) is 27.7 Å². The predicted molar refractivity (Wildman–Crippen MR) is 203 cm³/mol. The van der Waals surface area contributed by atoms with Gasteiger partial charge in [0.1, 0.15) is 17.1 Å². The number of fused-ring (bicyclic) bond motifs is 2. The molecule has 2 aromatic rings. The van der Waals surface area contributed by atoms with Crippen LogP contribution in [0.25, 0.3) is 0 Å². The lowest BCUT2D eigenvalue weighted by atomic mass is 9.74. The molecular weight excluding hydrogens is 786 g/mol. The summed E-state index contributed by atoms with van der Waals surface area (Å²) in [6.07, 6.45) is -2.97. The highest BCUT2D eigenvalue weighted by Crippen LogP contribution is 2.47. The molecule has 2 aliphatic carbocycles. The van der Waals surface area contributed by atoms with Gasteiger partial charge in [0.15, 0.2) is 0 Å². The summed E-state index contributed by atoms with van der Waals surface area (Å²) in [5.41, 5.74) is 6.85.